The highest BCUT2D eigenvalue weighted by atomic mass is 19.4. The number of alkyl halides is 3. The summed E-state index contributed by atoms with van der Waals surface area (Å²) in [5, 5.41) is 0. The fourth-order valence-corrected chi connectivity index (χ4v) is 1.39. The Balaban J connectivity index is 3.17. The van der Waals surface area contributed by atoms with Gasteiger partial charge in [0.1, 0.15) is 0 Å². The van der Waals surface area contributed by atoms with Crippen molar-refractivity contribution in [2.24, 2.45) is 5.73 Å². The number of aryl methyl sites for hydroxylation is 1. The van der Waals surface area contributed by atoms with Crippen molar-refractivity contribution in [1.82, 2.24) is 4.98 Å². The van der Waals surface area contributed by atoms with Gasteiger partial charge in [-0.3, -0.25) is 0 Å². The summed E-state index contributed by atoms with van der Waals surface area (Å²) in [6, 6.07) is 1.06. The minimum absolute atomic E-state index is 0.0724. The zero-order chi connectivity index (χ0) is 14.6. The van der Waals surface area contributed by atoms with Crippen LogP contribution < -0.4 is 10.5 Å². The standard InChI is InChI=1S/C11H13F3N2O3/c1-3-18-10(17)9-6(2)4-8(7(5-15)16-9)19-11(12,13)14/h4H,3,5,15H2,1-2H3. The molecule has 2 N–H and O–H groups in total. The van der Waals surface area contributed by atoms with Crippen molar-refractivity contribution in [3.05, 3.63) is 23.0 Å². The lowest BCUT2D eigenvalue weighted by Crippen LogP contribution is -2.21. The topological polar surface area (TPSA) is 74.4 Å². The van der Waals surface area contributed by atoms with E-state index in [1.807, 2.05) is 0 Å². The van der Waals surface area contributed by atoms with Gasteiger partial charge in [0.25, 0.3) is 0 Å². The number of pyridine rings is 1. The maximum absolute atomic E-state index is 12.2. The third-order valence-corrected chi connectivity index (χ3v) is 2.14. The third kappa shape index (κ3) is 4.09. The molecule has 0 radical (unpaired) electrons. The van der Waals surface area contributed by atoms with E-state index in [9.17, 15) is 18.0 Å². The van der Waals surface area contributed by atoms with Crippen LogP contribution in [-0.2, 0) is 11.3 Å². The average molecular weight is 278 g/mol. The number of aromatic nitrogens is 1. The Kier molecular flexibility index (Phi) is 4.71. The molecule has 0 atom stereocenters. The molecule has 1 aromatic heterocycles. The van der Waals surface area contributed by atoms with Crippen LogP contribution in [-0.4, -0.2) is 23.9 Å². The molecular weight excluding hydrogens is 265 g/mol. The summed E-state index contributed by atoms with van der Waals surface area (Å²) in [5.41, 5.74) is 5.28. The lowest BCUT2D eigenvalue weighted by Gasteiger charge is -2.14. The van der Waals surface area contributed by atoms with E-state index in [0.717, 1.165) is 6.07 Å². The van der Waals surface area contributed by atoms with E-state index >= 15 is 0 Å². The predicted molar refractivity (Wildman–Crippen MR) is 59.5 cm³/mol. The first-order valence-electron chi connectivity index (χ1n) is 5.42. The van der Waals surface area contributed by atoms with Gasteiger partial charge in [0.2, 0.25) is 0 Å². The van der Waals surface area contributed by atoms with Gasteiger partial charge >= 0.3 is 12.3 Å². The summed E-state index contributed by atoms with van der Waals surface area (Å²) in [6.45, 7) is 2.89. The van der Waals surface area contributed by atoms with Crippen molar-refractivity contribution in [1.29, 1.82) is 0 Å². The Bertz CT molecular complexity index is 475. The molecule has 0 bridgehead atoms. The monoisotopic (exact) mass is 278 g/mol. The Morgan fingerprint density at radius 3 is 2.58 bits per heavy atom. The van der Waals surface area contributed by atoms with E-state index in [1.54, 1.807) is 6.92 Å². The summed E-state index contributed by atoms with van der Waals surface area (Å²) >= 11 is 0. The Hall–Kier alpha value is -1.83. The smallest absolute Gasteiger partial charge is 0.461 e. The second kappa shape index (κ2) is 5.87. The lowest BCUT2D eigenvalue weighted by atomic mass is 10.1. The van der Waals surface area contributed by atoms with Crippen LogP contribution in [0.5, 0.6) is 5.75 Å². The molecular formula is C11H13F3N2O3. The molecule has 1 aromatic rings. The zero-order valence-corrected chi connectivity index (χ0v) is 10.4. The number of carbonyl (C=O) groups excluding carboxylic acids is 1. The predicted octanol–water partition coefficient (Wildman–Crippen LogP) is 1.92. The summed E-state index contributed by atoms with van der Waals surface area (Å²) in [5.74, 6) is -1.23. The van der Waals surface area contributed by atoms with Crippen LogP contribution >= 0.6 is 0 Å². The molecule has 1 heterocycles. The van der Waals surface area contributed by atoms with Crippen molar-refractivity contribution < 1.29 is 27.4 Å². The number of rotatable bonds is 4. The molecule has 19 heavy (non-hydrogen) atoms. The number of nitrogens with zero attached hydrogens (tertiary/aromatic N) is 1. The maximum atomic E-state index is 12.2. The molecule has 0 spiro atoms. The van der Waals surface area contributed by atoms with Crippen LogP contribution in [0.4, 0.5) is 13.2 Å². The second-order valence-corrected chi connectivity index (χ2v) is 3.57. The molecule has 8 heteroatoms. The number of hydrogen-bond donors (Lipinski definition) is 1. The number of esters is 1. The van der Waals surface area contributed by atoms with Crippen molar-refractivity contribution in [2.75, 3.05) is 6.61 Å². The maximum Gasteiger partial charge on any atom is 0.573 e. The summed E-state index contributed by atoms with van der Waals surface area (Å²) in [6.07, 6.45) is -4.84. The first-order valence-corrected chi connectivity index (χ1v) is 5.42. The molecule has 1 rings (SSSR count). The fraction of sp³-hybridized carbons (Fsp3) is 0.455. The molecule has 0 unspecified atom stereocenters. The van der Waals surface area contributed by atoms with Crippen LogP contribution in [0.25, 0.3) is 0 Å². The van der Waals surface area contributed by atoms with E-state index in [1.165, 1.54) is 6.92 Å². The summed E-state index contributed by atoms with van der Waals surface area (Å²) in [7, 11) is 0. The van der Waals surface area contributed by atoms with E-state index in [0.29, 0.717) is 0 Å². The van der Waals surface area contributed by atoms with Gasteiger partial charge in [0, 0.05) is 6.54 Å². The number of hydrogen-bond acceptors (Lipinski definition) is 5. The summed E-state index contributed by atoms with van der Waals surface area (Å²) < 4.78 is 45.1. The van der Waals surface area contributed by atoms with Gasteiger partial charge in [-0.25, -0.2) is 9.78 Å². The number of ether oxygens (including phenoxy) is 2. The van der Waals surface area contributed by atoms with Gasteiger partial charge < -0.3 is 15.2 Å². The molecule has 106 valence electrons. The van der Waals surface area contributed by atoms with Gasteiger partial charge in [-0.15, -0.1) is 13.2 Å². The highest BCUT2D eigenvalue weighted by Gasteiger charge is 2.33. The largest absolute Gasteiger partial charge is 0.573 e. The van der Waals surface area contributed by atoms with Crippen molar-refractivity contribution in [3.8, 4) is 5.75 Å². The van der Waals surface area contributed by atoms with E-state index in [4.69, 9.17) is 10.5 Å². The molecule has 0 aliphatic rings. The van der Waals surface area contributed by atoms with Gasteiger partial charge in [-0.1, -0.05) is 0 Å². The number of carbonyl (C=O) groups is 1. The molecule has 0 fully saturated rings. The van der Waals surface area contributed by atoms with Crippen LogP contribution in [0.15, 0.2) is 6.07 Å². The minimum Gasteiger partial charge on any atom is -0.461 e. The SMILES string of the molecule is CCOC(=O)c1nc(CN)c(OC(F)(F)F)cc1C. The first-order chi connectivity index (χ1) is 8.78. The highest BCUT2D eigenvalue weighted by Crippen LogP contribution is 2.27. The minimum atomic E-state index is -4.84. The van der Waals surface area contributed by atoms with E-state index in [-0.39, 0.29) is 30.1 Å². The van der Waals surface area contributed by atoms with Crippen LogP contribution in [0.3, 0.4) is 0 Å². The number of nitrogens with two attached hydrogens (primary N) is 1. The molecule has 0 saturated heterocycles. The summed E-state index contributed by atoms with van der Waals surface area (Å²) in [4.78, 5) is 15.3. The van der Waals surface area contributed by atoms with Crippen LogP contribution in [0, 0.1) is 6.92 Å². The van der Waals surface area contributed by atoms with Gasteiger partial charge in [-0.2, -0.15) is 0 Å². The van der Waals surface area contributed by atoms with Gasteiger partial charge in [0.05, 0.1) is 12.3 Å². The van der Waals surface area contributed by atoms with Gasteiger partial charge in [-0.05, 0) is 25.5 Å². The molecule has 0 amide bonds. The zero-order valence-electron chi connectivity index (χ0n) is 10.4. The van der Waals surface area contributed by atoms with Gasteiger partial charge in [0.15, 0.2) is 11.4 Å². The Morgan fingerprint density at radius 2 is 2.11 bits per heavy atom. The molecule has 0 aliphatic carbocycles. The van der Waals surface area contributed by atoms with E-state index in [2.05, 4.69) is 9.72 Å². The first kappa shape index (κ1) is 15.2. The van der Waals surface area contributed by atoms with Crippen molar-refractivity contribution >= 4 is 5.97 Å². The van der Waals surface area contributed by atoms with Crippen LogP contribution in [0.2, 0.25) is 0 Å². The average Bonchev–Trinajstić information content (AvgIpc) is 2.27. The second-order valence-electron chi connectivity index (χ2n) is 3.57. The fourth-order valence-electron chi connectivity index (χ4n) is 1.39. The highest BCUT2D eigenvalue weighted by molar-refractivity contribution is 5.89. The van der Waals surface area contributed by atoms with Crippen LogP contribution in [0.1, 0.15) is 28.7 Å². The molecule has 0 aromatic carbocycles. The Morgan fingerprint density at radius 1 is 1.47 bits per heavy atom. The van der Waals surface area contributed by atoms with Crippen molar-refractivity contribution in [3.63, 3.8) is 0 Å². The molecule has 0 saturated carbocycles. The lowest BCUT2D eigenvalue weighted by molar-refractivity contribution is -0.275. The normalized spacial score (nSPS) is 11.3. The molecule has 5 nitrogen and oxygen atoms in total. The quantitative estimate of drug-likeness (QED) is 0.852. The number of halogens is 3. The molecule has 0 aliphatic heterocycles. The van der Waals surface area contributed by atoms with E-state index < -0.39 is 18.1 Å². The van der Waals surface area contributed by atoms with Crippen molar-refractivity contribution in [2.45, 2.75) is 26.8 Å². The third-order valence-electron chi connectivity index (χ3n) is 2.14. The Labute approximate surface area is 107 Å².